The van der Waals surface area contributed by atoms with Crippen LogP contribution in [0.4, 0.5) is 0 Å². The highest BCUT2D eigenvalue weighted by atomic mass is 32.3. The molecule has 0 bridgehead atoms. The normalized spacial score (nSPS) is 23.3. The first-order chi connectivity index (χ1) is 10.5. The molecule has 2 rings (SSSR count). The van der Waals surface area contributed by atoms with Crippen molar-refractivity contribution in [2.24, 2.45) is 10.9 Å². The van der Waals surface area contributed by atoms with Crippen molar-refractivity contribution in [3.8, 4) is 0 Å². The van der Waals surface area contributed by atoms with E-state index < -0.39 is 31.2 Å². The van der Waals surface area contributed by atoms with Crippen molar-refractivity contribution in [3.63, 3.8) is 0 Å². The number of sulfone groups is 1. The largest absolute Gasteiger partial charge is 0.335 e. The molecule has 4 N–H and O–H groups in total. The maximum absolute atomic E-state index is 12.5. The van der Waals surface area contributed by atoms with E-state index in [0.717, 1.165) is 0 Å². The standard InChI is InChI=1S/C12H19N3O5S3/c1-3-15(10(16)6-13)9-4-7(2)22(17,18)12-8(9)5-11(21-12)23(14,19)20/h5,7,9H,3-4,6,13H2,1-2H3,(H2,14,19,20)/t7-,9-/m0/s1. The number of fused-ring (bicyclic) bond motifs is 1. The molecular weight excluding hydrogens is 362 g/mol. The lowest BCUT2D eigenvalue weighted by Crippen LogP contribution is -2.42. The van der Waals surface area contributed by atoms with Crippen LogP contribution in [0.3, 0.4) is 0 Å². The molecule has 1 amide bonds. The van der Waals surface area contributed by atoms with Gasteiger partial charge >= 0.3 is 0 Å². The van der Waals surface area contributed by atoms with Gasteiger partial charge in [-0.1, -0.05) is 0 Å². The van der Waals surface area contributed by atoms with E-state index in [-0.39, 0.29) is 27.3 Å². The molecule has 0 aliphatic carbocycles. The molecule has 23 heavy (non-hydrogen) atoms. The van der Waals surface area contributed by atoms with Crippen molar-refractivity contribution in [2.75, 3.05) is 13.1 Å². The molecule has 0 spiro atoms. The van der Waals surface area contributed by atoms with Gasteiger partial charge in [-0.3, -0.25) is 4.79 Å². The lowest BCUT2D eigenvalue weighted by molar-refractivity contribution is -0.132. The van der Waals surface area contributed by atoms with Gasteiger partial charge in [-0.15, -0.1) is 11.3 Å². The number of amides is 1. The van der Waals surface area contributed by atoms with Gasteiger partial charge in [0.1, 0.15) is 8.42 Å². The molecule has 2 heterocycles. The summed E-state index contributed by atoms with van der Waals surface area (Å²) >= 11 is 0.634. The molecule has 0 fully saturated rings. The van der Waals surface area contributed by atoms with Crippen LogP contribution < -0.4 is 10.9 Å². The molecule has 1 aliphatic rings. The molecule has 0 unspecified atom stereocenters. The van der Waals surface area contributed by atoms with Gasteiger partial charge in [-0.05, 0) is 26.3 Å². The first-order valence-corrected chi connectivity index (χ1v) is 10.8. The maximum atomic E-state index is 12.5. The van der Waals surface area contributed by atoms with Crippen LogP contribution in [-0.4, -0.2) is 46.0 Å². The number of carbonyl (C=O) groups excluding carboxylic acids is 1. The quantitative estimate of drug-likeness (QED) is 0.740. The zero-order valence-electron chi connectivity index (χ0n) is 12.7. The molecule has 0 saturated carbocycles. The van der Waals surface area contributed by atoms with Gasteiger partial charge in [0.15, 0.2) is 9.84 Å². The van der Waals surface area contributed by atoms with E-state index in [9.17, 15) is 21.6 Å². The maximum Gasteiger partial charge on any atom is 0.247 e. The molecule has 0 saturated heterocycles. The van der Waals surface area contributed by atoms with Crippen molar-refractivity contribution in [1.82, 2.24) is 4.90 Å². The number of primary sulfonamides is 1. The number of hydrogen-bond acceptors (Lipinski definition) is 7. The van der Waals surface area contributed by atoms with Crippen molar-refractivity contribution in [2.45, 2.75) is 40.0 Å². The van der Waals surface area contributed by atoms with E-state index in [2.05, 4.69) is 0 Å². The molecule has 8 nitrogen and oxygen atoms in total. The summed E-state index contributed by atoms with van der Waals surface area (Å²) in [6.45, 7) is 3.44. The van der Waals surface area contributed by atoms with Crippen LogP contribution in [0.2, 0.25) is 0 Å². The van der Waals surface area contributed by atoms with E-state index in [1.807, 2.05) is 0 Å². The van der Waals surface area contributed by atoms with Crippen molar-refractivity contribution in [1.29, 1.82) is 0 Å². The monoisotopic (exact) mass is 381 g/mol. The average Bonchev–Trinajstić information content (AvgIpc) is 2.91. The predicted molar refractivity (Wildman–Crippen MR) is 86.1 cm³/mol. The number of carbonyl (C=O) groups is 1. The van der Waals surface area contributed by atoms with Crippen LogP contribution in [0, 0.1) is 0 Å². The third kappa shape index (κ3) is 3.15. The highest BCUT2D eigenvalue weighted by molar-refractivity contribution is 7.95. The fraction of sp³-hybridized carbons (Fsp3) is 0.583. The summed E-state index contributed by atoms with van der Waals surface area (Å²) in [5, 5.41) is 4.39. The van der Waals surface area contributed by atoms with Gasteiger partial charge in [0.05, 0.1) is 17.8 Å². The Bertz CT molecular complexity index is 828. The van der Waals surface area contributed by atoms with Crippen LogP contribution in [0.1, 0.15) is 31.9 Å². The van der Waals surface area contributed by atoms with Crippen LogP contribution in [0.5, 0.6) is 0 Å². The number of nitrogens with two attached hydrogens (primary N) is 2. The second kappa shape index (κ2) is 6.13. The Labute approximate surface area is 139 Å². The smallest absolute Gasteiger partial charge is 0.247 e. The predicted octanol–water partition coefficient (Wildman–Crippen LogP) is -0.190. The average molecular weight is 382 g/mol. The van der Waals surface area contributed by atoms with E-state index in [4.69, 9.17) is 10.9 Å². The van der Waals surface area contributed by atoms with E-state index in [1.54, 1.807) is 13.8 Å². The Morgan fingerprint density at radius 2 is 2.09 bits per heavy atom. The highest BCUT2D eigenvalue weighted by Crippen LogP contribution is 2.44. The molecule has 2 atom stereocenters. The van der Waals surface area contributed by atoms with Crippen LogP contribution in [-0.2, 0) is 24.7 Å². The summed E-state index contributed by atoms with van der Waals surface area (Å²) < 4.78 is 47.9. The Kier molecular flexibility index (Phi) is 4.89. The van der Waals surface area contributed by atoms with Crippen molar-refractivity contribution < 1.29 is 21.6 Å². The zero-order valence-corrected chi connectivity index (χ0v) is 15.2. The number of thiophene rings is 1. The van der Waals surface area contributed by atoms with Gasteiger partial charge in [0.25, 0.3) is 0 Å². The number of rotatable bonds is 4. The third-order valence-corrected chi connectivity index (χ3v) is 9.21. The van der Waals surface area contributed by atoms with Crippen LogP contribution in [0.15, 0.2) is 14.5 Å². The summed E-state index contributed by atoms with van der Waals surface area (Å²) in [5.74, 6) is -0.321. The molecule has 130 valence electrons. The minimum atomic E-state index is -4.02. The van der Waals surface area contributed by atoms with E-state index in [0.29, 0.717) is 23.4 Å². The van der Waals surface area contributed by atoms with Gasteiger partial charge in [0.2, 0.25) is 15.9 Å². The molecule has 0 aromatic carbocycles. The summed E-state index contributed by atoms with van der Waals surface area (Å²) in [6.07, 6.45) is 0.190. The second-order valence-electron chi connectivity index (χ2n) is 5.34. The van der Waals surface area contributed by atoms with Gasteiger partial charge in [-0.2, -0.15) is 0 Å². The van der Waals surface area contributed by atoms with Crippen molar-refractivity contribution >= 4 is 37.1 Å². The molecular formula is C12H19N3O5S3. The van der Waals surface area contributed by atoms with Crippen LogP contribution in [0.25, 0.3) is 0 Å². The summed E-state index contributed by atoms with van der Waals surface area (Å²) in [4.78, 5) is 13.5. The Balaban J connectivity index is 2.67. The number of nitrogens with zero attached hydrogens (tertiary/aromatic N) is 1. The zero-order chi connectivity index (χ0) is 17.6. The van der Waals surface area contributed by atoms with Crippen LogP contribution >= 0.6 is 11.3 Å². The van der Waals surface area contributed by atoms with Gasteiger partial charge in [-0.25, -0.2) is 22.0 Å². The summed E-state index contributed by atoms with van der Waals surface area (Å²) in [7, 11) is -7.66. The minimum Gasteiger partial charge on any atom is -0.335 e. The van der Waals surface area contributed by atoms with E-state index >= 15 is 0 Å². The number of sulfonamides is 1. The first-order valence-electron chi connectivity index (χ1n) is 6.94. The number of likely N-dealkylation sites (N-methyl/N-ethyl adjacent to an activating group) is 1. The SMILES string of the molecule is CCN(C(=O)CN)[C@H]1C[C@H](C)S(=O)(=O)c2sc(S(N)(=O)=O)cc21. The summed E-state index contributed by atoms with van der Waals surface area (Å²) in [6, 6.07) is 0.729. The Morgan fingerprint density at radius 3 is 2.57 bits per heavy atom. The highest BCUT2D eigenvalue weighted by Gasteiger charge is 2.42. The lowest BCUT2D eigenvalue weighted by Gasteiger charge is -2.35. The van der Waals surface area contributed by atoms with Crippen molar-refractivity contribution in [3.05, 3.63) is 11.6 Å². The summed E-state index contributed by atoms with van der Waals surface area (Å²) in [5.41, 5.74) is 5.72. The topological polar surface area (TPSA) is 141 Å². The van der Waals surface area contributed by atoms with Gasteiger partial charge < -0.3 is 10.6 Å². The second-order valence-corrected chi connectivity index (χ2v) is 10.7. The molecule has 1 aliphatic heterocycles. The third-order valence-electron chi connectivity index (χ3n) is 3.90. The molecule has 1 aromatic rings. The molecule has 1 aromatic heterocycles. The fourth-order valence-electron chi connectivity index (χ4n) is 2.69. The molecule has 0 radical (unpaired) electrons. The van der Waals surface area contributed by atoms with Gasteiger partial charge in [0, 0.05) is 12.1 Å². The van der Waals surface area contributed by atoms with E-state index in [1.165, 1.54) is 11.0 Å². The Morgan fingerprint density at radius 1 is 1.48 bits per heavy atom. The lowest BCUT2D eigenvalue weighted by atomic mass is 10.0. The fourth-order valence-corrected chi connectivity index (χ4v) is 7.09. The first kappa shape index (κ1) is 18.3. The minimum absolute atomic E-state index is 0.0338. The Hall–Kier alpha value is -1.01. The molecule has 11 heteroatoms. The number of hydrogen-bond donors (Lipinski definition) is 2.